The van der Waals surface area contributed by atoms with E-state index in [2.05, 4.69) is 21.8 Å². The Morgan fingerprint density at radius 3 is 3.00 bits per heavy atom. The van der Waals surface area contributed by atoms with Gasteiger partial charge in [-0.1, -0.05) is 13.3 Å². The highest BCUT2D eigenvalue weighted by molar-refractivity contribution is 5.47. The van der Waals surface area contributed by atoms with Crippen LogP contribution in [0.15, 0.2) is 6.07 Å². The Morgan fingerprint density at radius 1 is 1.42 bits per heavy atom. The topological polar surface area (TPSA) is 64.3 Å². The van der Waals surface area contributed by atoms with Crippen LogP contribution in [0.1, 0.15) is 38.9 Å². The molecule has 19 heavy (non-hydrogen) atoms. The number of rotatable bonds is 5. The van der Waals surface area contributed by atoms with E-state index < -0.39 is 0 Å². The van der Waals surface area contributed by atoms with Gasteiger partial charge >= 0.3 is 0 Å². The first kappa shape index (κ1) is 14.1. The highest BCUT2D eigenvalue weighted by Gasteiger charge is 2.20. The van der Waals surface area contributed by atoms with E-state index in [9.17, 15) is 0 Å². The third kappa shape index (κ3) is 3.80. The van der Waals surface area contributed by atoms with Crippen LogP contribution in [0.2, 0.25) is 0 Å². The Bertz CT molecular complexity index is 410. The van der Waals surface area contributed by atoms with Crippen molar-refractivity contribution in [1.29, 1.82) is 0 Å². The number of nitrogen functional groups attached to an aromatic ring is 1. The summed E-state index contributed by atoms with van der Waals surface area (Å²) >= 11 is 0. The van der Waals surface area contributed by atoms with Crippen LogP contribution in [0.4, 0.5) is 11.6 Å². The predicted molar refractivity (Wildman–Crippen MR) is 77.0 cm³/mol. The number of nitrogens with two attached hydrogens (primary N) is 1. The van der Waals surface area contributed by atoms with Crippen LogP contribution in [0.25, 0.3) is 0 Å². The fourth-order valence-electron chi connectivity index (χ4n) is 2.53. The molecule has 1 aromatic rings. The average Bonchev–Trinajstić information content (AvgIpc) is 2.44. The highest BCUT2D eigenvalue weighted by atomic mass is 16.5. The maximum atomic E-state index is 5.87. The van der Waals surface area contributed by atoms with Crippen molar-refractivity contribution >= 4 is 11.6 Å². The van der Waals surface area contributed by atoms with Crippen LogP contribution >= 0.6 is 0 Å². The van der Waals surface area contributed by atoms with Gasteiger partial charge in [-0.15, -0.1) is 0 Å². The molecule has 1 fully saturated rings. The zero-order chi connectivity index (χ0) is 13.7. The van der Waals surface area contributed by atoms with Crippen LogP contribution in [0.5, 0.6) is 0 Å². The van der Waals surface area contributed by atoms with Gasteiger partial charge in [-0.05, 0) is 25.7 Å². The third-order valence-corrected chi connectivity index (χ3v) is 3.63. The van der Waals surface area contributed by atoms with Crippen molar-refractivity contribution in [1.82, 2.24) is 9.97 Å². The molecule has 0 spiro atoms. The van der Waals surface area contributed by atoms with Gasteiger partial charge < -0.3 is 15.4 Å². The molecule has 1 aliphatic rings. The van der Waals surface area contributed by atoms with Gasteiger partial charge in [0.1, 0.15) is 18.2 Å². The Kier molecular flexibility index (Phi) is 4.96. The third-order valence-electron chi connectivity index (χ3n) is 3.63. The summed E-state index contributed by atoms with van der Waals surface area (Å²) in [7, 11) is 0. The summed E-state index contributed by atoms with van der Waals surface area (Å²) in [4.78, 5) is 11.1. The lowest BCUT2D eigenvalue weighted by Crippen LogP contribution is -2.36. The van der Waals surface area contributed by atoms with Crippen molar-refractivity contribution in [3.63, 3.8) is 0 Å². The second kappa shape index (κ2) is 6.70. The van der Waals surface area contributed by atoms with Crippen LogP contribution in [0.3, 0.4) is 0 Å². The summed E-state index contributed by atoms with van der Waals surface area (Å²) in [5.41, 5.74) is 5.87. The van der Waals surface area contributed by atoms with E-state index in [-0.39, 0.29) is 0 Å². The first-order valence-electron chi connectivity index (χ1n) is 7.19. The number of ether oxygens (including phenoxy) is 1. The van der Waals surface area contributed by atoms with Crippen molar-refractivity contribution in [2.75, 3.05) is 30.3 Å². The first-order valence-corrected chi connectivity index (χ1v) is 7.19. The number of hydrogen-bond donors (Lipinski definition) is 1. The van der Waals surface area contributed by atoms with E-state index in [0.717, 1.165) is 24.8 Å². The van der Waals surface area contributed by atoms with Crippen molar-refractivity contribution in [2.24, 2.45) is 5.92 Å². The minimum Gasteiger partial charge on any atom is -0.384 e. The van der Waals surface area contributed by atoms with Gasteiger partial charge in [-0.3, -0.25) is 0 Å². The van der Waals surface area contributed by atoms with Crippen LogP contribution in [-0.4, -0.2) is 29.7 Å². The lowest BCUT2D eigenvalue weighted by atomic mass is 9.96. The Hall–Kier alpha value is -1.36. The molecule has 106 valence electrons. The molecular weight excluding hydrogens is 240 g/mol. The summed E-state index contributed by atoms with van der Waals surface area (Å²) in [5.74, 6) is 2.91. The second-order valence-electron chi connectivity index (χ2n) is 5.07. The first-order chi connectivity index (χ1) is 9.22. The Labute approximate surface area is 115 Å². The van der Waals surface area contributed by atoms with Gasteiger partial charge in [0.2, 0.25) is 0 Å². The molecule has 2 N–H and O–H groups in total. The molecule has 5 heteroatoms. The maximum Gasteiger partial charge on any atom is 0.158 e. The van der Waals surface area contributed by atoms with Gasteiger partial charge in [0.25, 0.3) is 0 Å². The minimum atomic E-state index is 0.430. The van der Waals surface area contributed by atoms with Gasteiger partial charge in [0.15, 0.2) is 5.82 Å². The molecule has 1 aromatic heterocycles. The standard InChI is InChI=1S/C14H24N4O/c1-3-11-6-5-7-18(9-11)14-8-12(15)16-13(17-14)10-19-4-2/h8,11H,3-7,9-10H2,1-2H3,(H2,15,16,17). The lowest BCUT2D eigenvalue weighted by Gasteiger charge is -2.33. The van der Waals surface area contributed by atoms with Crippen LogP contribution in [-0.2, 0) is 11.3 Å². The molecule has 0 amide bonds. The summed E-state index contributed by atoms with van der Waals surface area (Å²) < 4.78 is 5.36. The summed E-state index contributed by atoms with van der Waals surface area (Å²) in [6, 6.07) is 1.87. The van der Waals surface area contributed by atoms with E-state index in [1.54, 1.807) is 0 Å². The molecule has 2 rings (SSSR count). The molecule has 0 aliphatic carbocycles. The monoisotopic (exact) mass is 264 g/mol. The average molecular weight is 264 g/mol. The quantitative estimate of drug-likeness (QED) is 0.883. The molecule has 2 heterocycles. The number of nitrogens with zero attached hydrogens (tertiary/aromatic N) is 3. The predicted octanol–water partition coefficient (Wildman–Crippen LogP) is 2.22. The van der Waals surface area contributed by atoms with E-state index >= 15 is 0 Å². The summed E-state index contributed by atoms with van der Waals surface area (Å²) in [6.07, 6.45) is 3.77. The zero-order valence-electron chi connectivity index (χ0n) is 11.9. The minimum absolute atomic E-state index is 0.430. The molecule has 5 nitrogen and oxygen atoms in total. The van der Waals surface area contributed by atoms with Crippen LogP contribution in [0, 0.1) is 5.92 Å². The Balaban J connectivity index is 2.11. The lowest BCUT2D eigenvalue weighted by molar-refractivity contribution is 0.128. The summed E-state index contributed by atoms with van der Waals surface area (Å²) in [5, 5.41) is 0. The molecule has 0 radical (unpaired) electrons. The number of hydrogen-bond acceptors (Lipinski definition) is 5. The van der Waals surface area contributed by atoms with Gasteiger partial charge in [0.05, 0.1) is 0 Å². The number of anilines is 2. The smallest absolute Gasteiger partial charge is 0.158 e. The van der Waals surface area contributed by atoms with Crippen molar-refractivity contribution in [2.45, 2.75) is 39.7 Å². The van der Waals surface area contributed by atoms with Crippen molar-refractivity contribution in [3.8, 4) is 0 Å². The zero-order valence-corrected chi connectivity index (χ0v) is 11.9. The molecule has 0 aromatic carbocycles. The fourth-order valence-corrected chi connectivity index (χ4v) is 2.53. The fraction of sp³-hybridized carbons (Fsp3) is 0.714. The van der Waals surface area contributed by atoms with Gasteiger partial charge in [-0.25, -0.2) is 9.97 Å². The highest BCUT2D eigenvalue weighted by Crippen LogP contribution is 2.24. The van der Waals surface area contributed by atoms with E-state index in [4.69, 9.17) is 10.5 Å². The van der Waals surface area contributed by atoms with Crippen molar-refractivity contribution < 1.29 is 4.74 Å². The molecule has 0 bridgehead atoms. The second-order valence-corrected chi connectivity index (χ2v) is 5.07. The molecule has 1 aliphatic heterocycles. The molecule has 1 unspecified atom stereocenters. The molecule has 1 saturated heterocycles. The normalized spacial score (nSPS) is 19.7. The summed E-state index contributed by atoms with van der Waals surface area (Å²) in [6.45, 7) is 7.43. The largest absolute Gasteiger partial charge is 0.384 e. The maximum absolute atomic E-state index is 5.87. The van der Waals surface area contributed by atoms with Gasteiger partial charge in [0, 0.05) is 25.8 Å². The SMILES string of the molecule is CCOCc1nc(N)cc(N2CCCC(CC)C2)n1. The van der Waals surface area contributed by atoms with E-state index in [0.29, 0.717) is 24.9 Å². The van der Waals surface area contributed by atoms with E-state index in [1.165, 1.54) is 19.3 Å². The number of aromatic nitrogens is 2. The Morgan fingerprint density at radius 2 is 2.26 bits per heavy atom. The van der Waals surface area contributed by atoms with Crippen LogP contribution < -0.4 is 10.6 Å². The molecule has 1 atom stereocenters. The van der Waals surface area contributed by atoms with E-state index in [1.807, 2.05) is 13.0 Å². The van der Waals surface area contributed by atoms with Crippen molar-refractivity contribution in [3.05, 3.63) is 11.9 Å². The molecular formula is C14H24N4O. The molecule has 0 saturated carbocycles. The number of piperidine rings is 1. The van der Waals surface area contributed by atoms with Gasteiger partial charge in [-0.2, -0.15) is 0 Å².